The number of rotatable bonds is 2. The lowest BCUT2D eigenvalue weighted by molar-refractivity contribution is 0.0996. The van der Waals surface area contributed by atoms with Gasteiger partial charge in [0.05, 0.1) is 6.54 Å². The van der Waals surface area contributed by atoms with Crippen molar-refractivity contribution in [3.05, 3.63) is 82.3 Å². The van der Waals surface area contributed by atoms with E-state index in [1.54, 1.807) is 4.90 Å². The van der Waals surface area contributed by atoms with Crippen molar-refractivity contribution in [1.82, 2.24) is 4.98 Å². The molecular formula is C21H13BrN2O2. The van der Waals surface area contributed by atoms with Crippen molar-refractivity contribution in [3.63, 3.8) is 0 Å². The summed E-state index contributed by atoms with van der Waals surface area (Å²) in [6, 6.07) is 21.2. The molecule has 5 rings (SSSR count). The molecule has 0 unspecified atom stereocenters. The van der Waals surface area contributed by atoms with Gasteiger partial charge in [-0.25, -0.2) is 4.98 Å². The summed E-state index contributed by atoms with van der Waals surface area (Å²) in [5, 5.41) is 0. The first kappa shape index (κ1) is 15.3. The largest absolute Gasteiger partial charge is 0.436 e. The molecule has 1 aliphatic heterocycles. The van der Waals surface area contributed by atoms with E-state index in [1.807, 2.05) is 66.7 Å². The number of halogens is 1. The van der Waals surface area contributed by atoms with Crippen LogP contribution in [0.3, 0.4) is 0 Å². The highest BCUT2D eigenvalue weighted by molar-refractivity contribution is 9.10. The number of hydrogen-bond acceptors (Lipinski definition) is 3. The van der Waals surface area contributed by atoms with Gasteiger partial charge in [0.1, 0.15) is 5.52 Å². The molecule has 0 saturated heterocycles. The smallest absolute Gasteiger partial charge is 0.258 e. The van der Waals surface area contributed by atoms with Crippen LogP contribution in [0.15, 0.2) is 75.6 Å². The summed E-state index contributed by atoms with van der Waals surface area (Å²) in [5.41, 5.74) is 4.99. The Hall–Kier alpha value is -2.92. The summed E-state index contributed by atoms with van der Waals surface area (Å²) < 4.78 is 6.95. The molecule has 0 radical (unpaired) electrons. The van der Waals surface area contributed by atoms with Gasteiger partial charge >= 0.3 is 0 Å². The van der Waals surface area contributed by atoms with Gasteiger partial charge in [-0.2, -0.15) is 0 Å². The van der Waals surface area contributed by atoms with E-state index in [0.717, 1.165) is 32.4 Å². The van der Waals surface area contributed by atoms with Crippen LogP contribution in [0.2, 0.25) is 0 Å². The predicted molar refractivity (Wildman–Crippen MR) is 104 cm³/mol. The molecule has 3 aromatic carbocycles. The first-order chi connectivity index (χ1) is 12.7. The second kappa shape index (κ2) is 5.81. The molecule has 26 heavy (non-hydrogen) atoms. The number of hydrogen-bond donors (Lipinski definition) is 0. The molecule has 2 heterocycles. The number of aromatic nitrogens is 1. The monoisotopic (exact) mass is 404 g/mol. The van der Waals surface area contributed by atoms with E-state index in [2.05, 4.69) is 20.9 Å². The predicted octanol–water partition coefficient (Wildman–Crippen LogP) is 5.42. The van der Waals surface area contributed by atoms with Gasteiger partial charge in [-0.15, -0.1) is 0 Å². The lowest BCUT2D eigenvalue weighted by Crippen LogP contribution is -2.22. The van der Waals surface area contributed by atoms with Crippen LogP contribution in [0, 0.1) is 0 Å². The molecule has 0 aliphatic carbocycles. The second-order valence-corrected chi connectivity index (χ2v) is 7.14. The van der Waals surface area contributed by atoms with Crippen molar-refractivity contribution in [1.29, 1.82) is 0 Å². The number of nitrogens with zero attached hydrogens (tertiary/aromatic N) is 2. The molecule has 126 valence electrons. The SMILES string of the molecule is O=C1c2ccccc2CN1c1ccc2nc(-c3ccc(Br)cc3)oc2c1. The number of carbonyl (C=O) groups excluding carboxylic acids is 1. The van der Waals surface area contributed by atoms with Crippen LogP contribution in [0.25, 0.3) is 22.6 Å². The number of amides is 1. The summed E-state index contributed by atoms with van der Waals surface area (Å²) >= 11 is 3.43. The Labute approximate surface area is 158 Å². The van der Waals surface area contributed by atoms with Gasteiger partial charge in [0, 0.05) is 27.4 Å². The maximum Gasteiger partial charge on any atom is 0.258 e. The van der Waals surface area contributed by atoms with Crippen LogP contribution < -0.4 is 4.90 Å². The molecule has 5 heteroatoms. The van der Waals surface area contributed by atoms with Crippen LogP contribution in [0.4, 0.5) is 5.69 Å². The fraction of sp³-hybridized carbons (Fsp3) is 0.0476. The Balaban J connectivity index is 1.53. The molecule has 0 fully saturated rings. The second-order valence-electron chi connectivity index (χ2n) is 6.23. The zero-order valence-corrected chi connectivity index (χ0v) is 15.2. The zero-order valence-electron chi connectivity index (χ0n) is 13.6. The highest BCUT2D eigenvalue weighted by Crippen LogP contribution is 2.32. The molecule has 0 atom stereocenters. The van der Waals surface area contributed by atoms with E-state index in [0.29, 0.717) is 18.0 Å². The average molecular weight is 405 g/mol. The van der Waals surface area contributed by atoms with Crippen molar-refractivity contribution in [2.45, 2.75) is 6.54 Å². The van der Waals surface area contributed by atoms with E-state index in [1.165, 1.54) is 0 Å². The first-order valence-electron chi connectivity index (χ1n) is 8.25. The van der Waals surface area contributed by atoms with E-state index in [-0.39, 0.29) is 5.91 Å². The Kier molecular flexibility index (Phi) is 3.43. The van der Waals surface area contributed by atoms with E-state index in [9.17, 15) is 4.79 Å². The fourth-order valence-electron chi connectivity index (χ4n) is 3.26. The summed E-state index contributed by atoms with van der Waals surface area (Å²) in [4.78, 5) is 19.0. The molecular weight excluding hydrogens is 392 g/mol. The van der Waals surface area contributed by atoms with E-state index >= 15 is 0 Å². The fourth-order valence-corrected chi connectivity index (χ4v) is 3.52. The molecule has 0 spiro atoms. The number of oxazole rings is 1. The van der Waals surface area contributed by atoms with Gasteiger partial charge in [-0.3, -0.25) is 4.79 Å². The Morgan fingerprint density at radius 2 is 1.81 bits per heavy atom. The molecule has 1 aliphatic rings. The van der Waals surface area contributed by atoms with Gasteiger partial charge < -0.3 is 9.32 Å². The average Bonchev–Trinajstić information content (AvgIpc) is 3.23. The Morgan fingerprint density at radius 3 is 2.62 bits per heavy atom. The molecule has 1 amide bonds. The number of carbonyl (C=O) groups is 1. The van der Waals surface area contributed by atoms with Gasteiger partial charge in [-0.05, 0) is 48.0 Å². The van der Waals surface area contributed by atoms with Gasteiger partial charge in [0.2, 0.25) is 5.89 Å². The van der Waals surface area contributed by atoms with Crippen molar-refractivity contribution < 1.29 is 9.21 Å². The molecule has 0 N–H and O–H groups in total. The number of fused-ring (bicyclic) bond motifs is 2. The zero-order chi connectivity index (χ0) is 17.7. The van der Waals surface area contributed by atoms with Crippen LogP contribution in [0.1, 0.15) is 15.9 Å². The third-order valence-electron chi connectivity index (χ3n) is 4.60. The normalized spacial score (nSPS) is 13.4. The Bertz CT molecular complexity index is 1150. The third kappa shape index (κ3) is 2.44. The van der Waals surface area contributed by atoms with Gasteiger partial charge in [0.25, 0.3) is 5.91 Å². The van der Waals surface area contributed by atoms with Gasteiger partial charge in [0.15, 0.2) is 5.58 Å². The van der Waals surface area contributed by atoms with E-state index in [4.69, 9.17) is 4.42 Å². The maximum atomic E-state index is 12.7. The summed E-state index contributed by atoms with van der Waals surface area (Å²) in [7, 11) is 0. The van der Waals surface area contributed by atoms with Crippen LogP contribution in [0.5, 0.6) is 0 Å². The quantitative estimate of drug-likeness (QED) is 0.448. The standard InChI is InChI=1S/C21H13BrN2O2/c22-15-7-5-13(6-8-15)20-23-18-10-9-16(11-19(18)26-20)24-12-14-3-1-2-4-17(14)21(24)25/h1-11H,12H2. The molecule has 1 aromatic heterocycles. The summed E-state index contributed by atoms with van der Waals surface area (Å²) in [6.07, 6.45) is 0. The topological polar surface area (TPSA) is 46.3 Å². The van der Waals surface area contributed by atoms with Gasteiger partial charge in [-0.1, -0.05) is 34.1 Å². The molecule has 0 bridgehead atoms. The van der Waals surface area contributed by atoms with Crippen molar-refractivity contribution in [2.24, 2.45) is 0 Å². The number of anilines is 1. The first-order valence-corrected chi connectivity index (χ1v) is 9.05. The summed E-state index contributed by atoms with van der Waals surface area (Å²) in [6.45, 7) is 0.578. The highest BCUT2D eigenvalue weighted by atomic mass is 79.9. The lowest BCUT2D eigenvalue weighted by atomic mass is 10.1. The highest BCUT2D eigenvalue weighted by Gasteiger charge is 2.28. The van der Waals surface area contributed by atoms with E-state index < -0.39 is 0 Å². The van der Waals surface area contributed by atoms with Crippen molar-refractivity contribution in [3.8, 4) is 11.5 Å². The minimum atomic E-state index is 0.0209. The minimum absolute atomic E-state index is 0.0209. The van der Waals surface area contributed by atoms with Crippen molar-refractivity contribution in [2.75, 3.05) is 4.90 Å². The minimum Gasteiger partial charge on any atom is -0.436 e. The molecule has 4 nitrogen and oxygen atoms in total. The molecule has 0 saturated carbocycles. The lowest BCUT2D eigenvalue weighted by Gasteiger charge is -2.15. The van der Waals surface area contributed by atoms with Crippen LogP contribution in [-0.4, -0.2) is 10.9 Å². The molecule has 4 aromatic rings. The maximum absolute atomic E-state index is 12.7. The summed E-state index contributed by atoms with van der Waals surface area (Å²) in [5.74, 6) is 0.591. The van der Waals surface area contributed by atoms with Crippen LogP contribution in [-0.2, 0) is 6.54 Å². The number of benzene rings is 3. The third-order valence-corrected chi connectivity index (χ3v) is 5.12. The van der Waals surface area contributed by atoms with Crippen LogP contribution >= 0.6 is 15.9 Å². The van der Waals surface area contributed by atoms with Crippen molar-refractivity contribution >= 4 is 38.6 Å². The Morgan fingerprint density at radius 1 is 1.00 bits per heavy atom.